The first kappa shape index (κ1) is 29.1. The van der Waals surface area contributed by atoms with E-state index in [0.29, 0.717) is 28.8 Å². The van der Waals surface area contributed by atoms with Crippen LogP contribution in [0.3, 0.4) is 0 Å². The fourth-order valence-corrected chi connectivity index (χ4v) is 6.41. The number of amides is 1. The second-order valence-electron chi connectivity index (χ2n) is 10.3. The van der Waals surface area contributed by atoms with Gasteiger partial charge in [-0.15, -0.1) is 0 Å². The van der Waals surface area contributed by atoms with E-state index in [1.54, 1.807) is 35.4 Å². The highest BCUT2D eigenvalue weighted by molar-refractivity contribution is 8.26. The second kappa shape index (κ2) is 13.1. The molecule has 220 valence electrons. The van der Waals surface area contributed by atoms with Gasteiger partial charge in [0.2, 0.25) is 0 Å². The molecule has 9 nitrogen and oxygen atoms in total. The zero-order valence-electron chi connectivity index (χ0n) is 23.3. The van der Waals surface area contributed by atoms with Crippen molar-refractivity contribution in [3.63, 3.8) is 0 Å². The number of rotatable bonds is 10. The maximum absolute atomic E-state index is 13.3. The Bertz CT molecular complexity index is 1700. The predicted octanol–water partition coefficient (Wildman–Crippen LogP) is 5.08. The molecule has 6 rings (SSSR count). The molecule has 2 N–H and O–H groups in total. The van der Waals surface area contributed by atoms with Crippen LogP contribution in [0.1, 0.15) is 21.5 Å². The number of nitrogens with one attached hydrogen (secondary N) is 1. The first-order chi connectivity index (χ1) is 20.9. The number of thioether (sulfide) groups is 1. The van der Waals surface area contributed by atoms with Gasteiger partial charge < -0.3 is 14.6 Å². The van der Waals surface area contributed by atoms with E-state index in [9.17, 15) is 9.59 Å². The van der Waals surface area contributed by atoms with Gasteiger partial charge in [-0.3, -0.25) is 19.7 Å². The van der Waals surface area contributed by atoms with Gasteiger partial charge in [-0.1, -0.05) is 54.3 Å². The normalized spacial score (nSPS) is 16.8. The molecular formula is C32H30N4O5S2. The summed E-state index contributed by atoms with van der Waals surface area (Å²) in [5, 5.41) is 17.3. The van der Waals surface area contributed by atoms with Crippen LogP contribution in [0.5, 0.6) is 5.75 Å². The van der Waals surface area contributed by atoms with Gasteiger partial charge in [0.25, 0.3) is 5.91 Å². The summed E-state index contributed by atoms with van der Waals surface area (Å²) in [5.41, 5.74) is 4.87. The summed E-state index contributed by atoms with van der Waals surface area (Å²) in [6.07, 6.45) is 4.23. The van der Waals surface area contributed by atoms with Crippen LogP contribution in [0.25, 0.3) is 28.1 Å². The Balaban J connectivity index is 1.20. The van der Waals surface area contributed by atoms with Crippen LogP contribution in [-0.2, 0) is 16.0 Å². The van der Waals surface area contributed by atoms with Crippen LogP contribution in [0, 0.1) is 0 Å². The summed E-state index contributed by atoms with van der Waals surface area (Å²) in [6.45, 7) is 5.08. The van der Waals surface area contributed by atoms with Gasteiger partial charge in [-0.2, -0.15) is 5.10 Å². The van der Waals surface area contributed by atoms with E-state index in [4.69, 9.17) is 26.8 Å². The average molecular weight is 615 g/mol. The number of aromatic carboxylic acids is 1. The molecule has 0 aliphatic carbocycles. The molecule has 11 heteroatoms. The summed E-state index contributed by atoms with van der Waals surface area (Å²) in [6, 6.07) is 18.8. The maximum atomic E-state index is 13.3. The third kappa shape index (κ3) is 6.80. The van der Waals surface area contributed by atoms with Crippen LogP contribution in [0.15, 0.2) is 71.8 Å². The third-order valence-corrected chi connectivity index (χ3v) is 8.90. The molecule has 0 bridgehead atoms. The van der Waals surface area contributed by atoms with Crippen molar-refractivity contribution in [2.24, 2.45) is 0 Å². The zero-order chi connectivity index (χ0) is 29.8. The molecule has 2 saturated heterocycles. The first-order valence-electron chi connectivity index (χ1n) is 14.0. The number of hydrogen-bond donors (Lipinski definition) is 2. The molecule has 4 aromatic rings. The lowest BCUT2D eigenvalue weighted by Crippen LogP contribution is -2.38. The van der Waals surface area contributed by atoms with Crippen molar-refractivity contribution in [2.75, 3.05) is 46.0 Å². The van der Waals surface area contributed by atoms with E-state index < -0.39 is 5.97 Å². The predicted molar refractivity (Wildman–Crippen MR) is 171 cm³/mol. The highest BCUT2D eigenvalue weighted by Crippen LogP contribution is 2.36. The summed E-state index contributed by atoms with van der Waals surface area (Å²) >= 11 is 6.84. The van der Waals surface area contributed by atoms with Crippen molar-refractivity contribution in [1.29, 1.82) is 0 Å². The lowest BCUT2D eigenvalue weighted by molar-refractivity contribution is -0.122. The van der Waals surface area contributed by atoms with Gasteiger partial charge in [0.05, 0.1) is 35.4 Å². The molecule has 3 aromatic carbocycles. The van der Waals surface area contributed by atoms with Gasteiger partial charge in [0, 0.05) is 37.1 Å². The minimum atomic E-state index is -0.966. The monoisotopic (exact) mass is 614 g/mol. The van der Waals surface area contributed by atoms with Gasteiger partial charge in [-0.05, 0) is 59.5 Å². The highest BCUT2D eigenvalue weighted by atomic mass is 32.2. The van der Waals surface area contributed by atoms with E-state index in [1.165, 1.54) is 11.8 Å². The van der Waals surface area contributed by atoms with Crippen LogP contribution in [0.2, 0.25) is 0 Å². The number of morpholine rings is 1. The number of carbonyl (C=O) groups is 2. The van der Waals surface area contributed by atoms with E-state index >= 15 is 0 Å². The van der Waals surface area contributed by atoms with E-state index in [2.05, 4.69) is 21.2 Å². The largest absolute Gasteiger partial charge is 0.492 e. The molecule has 1 aromatic heterocycles. The third-order valence-electron chi connectivity index (χ3n) is 7.52. The number of thiocarbonyl (C=S) groups is 1. The quantitative estimate of drug-likeness (QED) is 0.187. The number of carbonyl (C=O) groups excluding carboxylic acids is 1. The molecule has 43 heavy (non-hydrogen) atoms. The minimum Gasteiger partial charge on any atom is -0.492 e. The molecule has 2 aliphatic rings. The molecule has 0 saturated carbocycles. The molecular weight excluding hydrogens is 585 g/mol. The number of H-pyrrole nitrogens is 1. The molecule has 0 radical (unpaired) electrons. The highest BCUT2D eigenvalue weighted by Gasteiger charge is 2.31. The first-order valence-corrected chi connectivity index (χ1v) is 15.3. The van der Waals surface area contributed by atoms with Crippen molar-refractivity contribution >= 4 is 57.2 Å². The zero-order valence-corrected chi connectivity index (χ0v) is 25.0. The summed E-state index contributed by atoms with van der Waals surface area (Å²) in [7, 11) is 0. The van der Waals surface area contributed by atoms with Gasteiger partial charge >= 0.3 is 5.97 Å². The SMILES string of the molecule is O=C(O)c1ccc(CCN2C(=O)C(=Cc3ccc(OCCN4CCOCC4)c(-c4ccc5cn[nH]c5c4)c3)SC2=S)cc1. The number of fused-ring (bicyclic) bond motifs is 1. The topological polar surface area (TPSA) is 108 Å². The van der Waals surface area contributed by atoms with Crippen LogP contribution < -0.4 is 4.74 Å². The number of ether oxygens (including phenoxy) is 2. The van der Waals surface area contributed by atoms with Crippen molar-refractivity contribution in [3.8, 4) is 16.9 Å². The van der Waals surface area contributed by atoms with E-state index in [0.717, 1.165) is 71.8 Å². The second-order valence-corrected chi connectivity index (χ2v) is 12.0. The number of carboxylic acid groups (broad SMARTS) is 1. The fourth-order valence-electron chi connectivity index (χ4n) is 5.10. The number of aromatic nitrogens is 2. The van der Waals surface area contributed by atoms with Gasteiger partial charge in [0.1, 0.15) is 16.7 Å². The maximum Gasteiger partial charge on any atom is 0.335 e. The Morgan fingerprint density at radius 3 is 2.70 bits per heavy atom. The molecule has 1 amide bonds. The number of aromatic amines is 1. The van der Waals surface area contributed by atoms with Gasteiger partial charge in [-0.25, -0.2) is 4.79 Å². The number of carboxylic acids is 1. The van der Waals surface area contributed by atoms with Crippen molar-refractivity contribution < 1.29 is 24.2 Å². The van der Waals surface area contributed by atoms with Crippen molar-refractivity contribution in [2.45, 2.75) is 6.42 Å². The molecule has 0 unspecified atom stereocenters. The Hall–Kier alpha value is -4.03. The molecule has 0 spiro atoms. The van der Waals surface area contributed by atoms with Gasteiger partial charge in [0.15, 0.2) is 0 Å². The summed E-state index contributed by atoms with van der Waals surface area (Å²) in [5.74, 6) is -0.333. The number of hydrogen-bond acceptors (Lipinski definition) is 8. The Morgan fingerprint density at radius 2 is 1.91 bits per heavy atom. The fraction of sp³-hybridized carbons (Fsp3) is 0.250. The summed E-state index contributed by atoms with van der Waals surface area (Å²) in [4.78, 5) is 29.0. The molecule has 2 fully saturated rings. The standard InChI is InChI=1S/C32H30N4O5S2/c37-30-29(43-32(42)36(30)10-9-21-1-4-23(5-2-21)31(38)39)18-22-3-8-28(41-16-13-35-11-14-40-15-12-35)26(17-22)24-6-7-25-20-33-34-27(25)19-24/h1-8,17-20H,9-16H2,(H,33,34)(H,38,39). The Morgan fingerprint density at radius 1 is 1.09 bits per heavy atom. The Labute approximate surface area is 258 Å². The lowest BCUT2D eigenvalue weighted by atomic mass is 10.0. The van der Waals surface area contributed by atoms with Crippen LogP contribution in [-0.4, -0.2) is 87.3 Å². The number of nitrogens with zero attached hydrogens (tertiary/aromatic N) is 3. The minimum absolute atomic E-state index is 0.136. The van der Waals surface area contributed by atoms with Crippen LogP contribution >= 0.6 is 24.0 Å². The smallest absolute Gasteiger partial charge is 0.335 e. The van der Waals surface area contributed by atoms with Crippen molar-refractivity contribution in [1.82, 2.24) is 20.0 Å². The van der Waals surface area contributed by atoms with E-state index in [1.807, 2.05) is 36.4 Å². The molecule has 0 atom stereocenters. The van der Waals surface area contributed by atoms with E-state index in [-0.39, 0.29) is 11.5 Å². The van der Waals surface area contributed by atoms with Crippen LogP contribution in [0.4, 0.5) is 0 Å². The molecule has 2 aliphatic heterocycles. The van der Waals surface area contributed by atoms with Crippen molar-refractivity contribution in [3.05, 3.63) is 88.5 Å². The lowest BCUT2D eigenvalue weighted by Gasteiger charge is -2.26. The Kier molecular flexibility index (Phi) is 8.85. The summed E-state index contributed by atoms with van der Waals surface area (Å²) < 4.78 is 12.3. The number of benzene rings is 3. The average Bonchev–Trinajstić information content (AvgIpc) is 3.60. The molecule has 3 heterocycles.